The molecule has 1 N–H and O–H groups in total. The number of carbonyl (C=O) groups is 1. The summed E-state index contributed by atoms with van der Waals surface area (Å²) in [6, 6.07) is 13.2. The van der Waals surface area contributed by atoms with Crippen LogP contribution in [0.15, 0.2) is 58.2 Å². The van der Waals surface area contributed by atoms with Crippen LogP contribution < -0.4 is 4.90 Å². The van der Waals surface area contributed by atoms with E-state index in [1.54, 1.807) is 35.2 Å². The van der Waals surface area contributed by atoms with Crippen molar-refractivity contribution in [2.75, 3.05) is 36.8 Å². The minimum atomic E-state index is -0.435. The predicted octanol–water partition coefficient (Wildman–Crippen LogP) is 3.02. The molecule has 1 aliphatic rings. The van der Waals surface area contributed by atoms with Crippen molar-refractivity contribution in [3.8, 4) is 17.2 Å². The van der Waals surface area contributed by atoms with Gasteiger partial charge in [-0.15, -0.1) is 10.2 Å². The van der Waals surface area contributed by atoms with Gasteiger partial charge in [-0.3, -0.25) is 4.79 Å². The SMILES string of the molecule is O=C(CSc1nnc(-c2ccccc2F)o1)N1CCN(c2ccc(O)cc2)CC1. The molecule has 1 saturated heterocycles. The Labute approximate surface area is 171 Å². The van der Waals surface area contributed by atoms with E-state index in [1.165, 1.54) is 6.07 Å². The quantitative estimate of drug-likeness (QED) is 0.643. The van der Waals surface area contributed by atoms with Crippen LogP contribution in [0.4, 0.5) is 10.1 Å². The number of thioether (sulfide) groups is 1. The number of hydrogen-bond acceptors (Lipinski definition) is 7. The third kappa shape index (κ3) is 4.51. The average molecular weight is 414 g/mol. The van der Waals surface area contributed by atoms with E-state index in [0.29, 0.717) is 13.1 Å². The minimum absolute atomic E-state index is 0.00834. The number of benzene rings is 2. The molecule has 1 fully saturated rings. The molecule has 0 spiro atoms. The number of amides is 1. The first-order chi connectivity index (χ1) is 14.1. The first-order valence-corrected chi connectivity index (χ1v) is 10.1. The second-order valence-electron chi connectivity index (χ2n) is 6.53. The number of anilines is 1. The summed E-state index contributed by atoms with van der Waals surface area (Å²) in [5.41, 5.74) is 1.26. The molecule has 150 valence electrons. The Balaban J connectivity index is 1.29. The molecule has 0 atom stereocenters. The maximum atomic E-state index is 13.8. The highest BCUT2D eigenvalue weighted by molar-refractivity contribution is 7.99. The number of rotatable bonds is 5. The van der Waals surface area contributed by atoms with Gasteiger partial charge in [-0.25, -0.2) is 4.39 Å². The van der Waals surface area contributed by atoms with Gasteiger partial charge in [0.2, 0.25) is 5.91 Å². The van der Waals surface area contributed by atoms with Crippen molar-refractivity contribution >= 4 is 23.4 Å². The summed E-state index contributed by atoms with van der Waals surface area (Å²) in [4.78, 5) is 16.5. The Kier molecular flexibility index (Phi) is 5.66. The first kappa shape index (κ1) is 19.3. The molecule has 1 amide bonds. The lowest BCUT2D eigenvalue weighted by Gasteiger charge is -2.36. The van der Waals surface area contributed by atoms with Crippen LogP contribution in [0.1, 0.15) is 0 Å². The molecule has 2 aromatic carbocycles. The van der Waals surface area contributed by atoms with Gasteiger partial charge in [-0.2, -0.15) is 0 Å². The Morgan fingerprint density at radius 2 is 1.79 bits per heavy atom. The fraction of sp³-hybridized carbons (Fsp3) is 0.250. The highest BCUT2D eigenvalue weighted by Gasteiger charge is 2.22. The van der Waals surface area contributed by atoms with Crippen LogP contribution in [-0.2, 0) is 4.79 Å². The normalized spacial score (nSPS) is 14.2. The Bertz CT molecular complexity index is 987. The topological polar surface area (TPSA) is 82.7 Å². The zero-order valence-corrected chi connectivity index (χ0v) is 16.3. The highest BCUT2D eigenvalue weighted by Crippen LogP contribution is 2.25. The number of aromatic nitrogens is 2. The predicted molar refractivity (Wildman–Crippen MR) is 107 cm³/mol. The van der Waals surface area contributed by atoms with Crippen LogP contribution in [0.5, 0.6) is 5.75 Å². The molecule has 7 nitrogen and oxygen atoms in total. The largest absolute Gasteiger partial charge is 0.508 e. The number of nitrogens with zero attached hydrogens (tertiary/aromatic N) is 4. The molecule has 0 radical (unpaired) electrons. The van der Waals surface area contributed by atoms with E-state index in [4.69, 9.17) is 4.42 Å². The first-order valence-electron chi connectivity index (χ1n) is 9.13. The van der Waals surface area contributed by atoms with E-state index in [9.17, 15) is 14.3 Å². The zero-order valence-electron chi connectivity index (χ0n) is 15.5. The molecule has 0 unspecified atom stereocenters. The smallest absolute Gasteiger partial charge is 0.277 e. The number of piperazine rings is 1. The van der Waals surface area contributed by atoms with Gasteiger partial charge in [-0.1, -0.05) is 23.9 Å². The highest BCUT2D eigenvalue weighted by atomic mass is 32.2. The van der Waals surface area contributed by atoms with Crippen molar-refractivity contribution in [1.29, 1.82) is 0 Å². The van der Waals surface area contributed by atoms with Crippen LogP contribution in [0, 0.1) is 5.82 Å². The van der Waals surface area contributed by atoms with E-state index < -0.39 is 5.82 Å². The number of phenols is 1. The summed E-state index contributed by atoms with van der Waals surface area (Å²) >= 11 is 1.15. The van der Waals surface area contributed by atoms with E-state index >= 15 is 0 Å². The van der Waals surface area contributed by atoms with Crippen LogP contribution in [-0.4, -0.2) is 58.0 Å². The van der Waals surface area contributed by atoms with Gasteiger partial charge in [0, 0.05) is 31.9 Å². The molecule has 2 heterocycles. The van der Waals surface area contributed by atoms with Crippen molar-refractivity contribution in [2.45, 2.75) is 5.22 Å². The summed E-state index contributed by atoms with van der Waals surface area (Å²) in [6.45, 7) is 2.67. The summed E-state index contributed by atoms with van der Waals surface area (Å²) in [6.07, 6.45) is 0. The van der Waals surface area contributed by atoms with E-state index in [2.05, 4.69) is 15.1 Å². The minimum Gasteiger partial charge on any atom is -0.508 e. The van der Waals surface area contributed by atoms with E-state index in [-0.39, 0.29) is 34.1 Å². The zero-order chi connectivity index (χ0) is 20.2. The van der Waals surface area contributed by atoms with Crippen LogP contribution in [0.3, 0.4) is 0 Å². The molecule has 0 bridgehead atoms. The maximum Gasteiger partial charge on any atom is 0.277 e. The Hall–Kier alpha value is -3.07. The third-order valence-electron chi connectivity index (χ3n) is 4.68. The van der Waals surface area contributed by atoms with Crippen LogP contribution >= 0.6 is 11.8 Å². The summed E-state index contributed by atoms with van der Waals surface area (Å²) in [5.74, 6) is 0.0681. The molecule has 0 aliphatic carbocycles. The fourth-order valence-corrected chi connectivity index (χ4v) is 3.77. The van der Waals surface area contributed by atoms with Crippen molar-refractivity contribution in [2.24, 2.45) is 0 Å². The lowest BCUT2D eigenvalue weighted by atomic mass is 10.2. The van der Waals surface area contributed by atoms with Gasteiger partial charge in [0.05, 0.1) is 11.3 Å². The van der Waals surface area contributed by atoms with Gasteiger partial charge in [0.1, 0.15) is 11.6 Å². The second kappa shape index (κ2) is 8.52. The van der Waals surface area contributed by atoms with Gasteiger partial charge < -0.3 is 19.3 Å². The molecule has 29 heavy (non-hydrogen) atoms. The number of hydrogen-bond donors (Lipinski definition) is 1. The fourth-order valence-electron chi connectivity index (χ4n) is 3.10. The van der Waals surface area contributed by atoms with Gasteiger partial charge in [-0.05, 0) is 36.4 Å². The molecule has 1 aromatic heterocycles. The summed E-state index contributed by atoms with van der Waals surface area (Å²) in [7, 11) is 0. The summed E-state index contributed by atoms with van der Waals surface area (Å²) in [5, 5.41) is 17.4. The molecule has 4 rings (SSSR count). The van der Waals surface area contributed by atoms with Crippen molar-refractivity contribution in [3.63, 3.8) is 0 Å². The van der Waals surface area contributed by atoms with Crippen molar-refractivity contribution < 1.29 is 18.7 Å². The van der Waals surface area contributed by atoms with Gasteiger partial charge in [0.25, 0.3) is 11.1 Å². The lowest BCUT2D eigenvalue weighted by molar-refractivity contribution is -0.128. The van der Waals surface area contributed by atoms with E-state index in [0.717, 1.165) is 30.5 Å². The van der Waals surface area contributed by atoms with Crippen molar-refractivity contribution in [3.05, 3.63) is 54.3 Å². The Morgan fingerprint density at radius 3 is 2.52 bits per heavy atom. The molecule has 1 aliphatic heterocycles. The van der Waals surface area contributed by atoms with Crippen LogP contribution in [0.2, 0.25) is 0 Å². The molecule has 3 aromatic rings. The monoisotopic (exact) mass is 414 g/mol. The number of carbonyl (C=O) groups excluding carboxylic acids is 1. The van der Waals surface area contributed by atoms with E-state index in [1.807, 2.05) is 12.1 Å². The second-order valence-corrected chi connectivity index (χ2v) is 7.45. The third-order valence-corrected chi connectivity index (χ3v) is 5.48. The summed E-state index contributed by atoms with van der Waals surface area (Å²) < 4.78 is 19.3. The van der Waals surface area contributed by atoms with Crippen molar-refractivity contribution in [1.82, 2.24) is 15.1 Å². The molecular formula is C20H19FN4O3S. The number of halogens is 1. The molecule has 9 heteroatoms. The number of aromatic hydroxyl groups is 1. The molecule has 0 saturated carbocycles. The molecular weight excluding hydrogens is 395 g/mol. The maximum absolute atomic E-state index is 13.8. The Morgan fingerprint density at radius 1 is 1.07 bits per heavy atom. The number of phenolic OH excluding ortho intramolecular Hbond substituents is 1. The van der Waals surface area contributed by atoms with Gasteiger partial charge in [0.15, 0.2) is 0 Å². The average Bonchev–Trinajstić information content (AvgIpc) is 3.22. The lowest BCUT2D eigenvalue weighted by Crippen LogP contribution is -2.49. The van der Waals surface area contributed by atoms with Gasteiger partial charge >= 0.3 is 0 Å². The van der Waals surface area contributed by atoms with Crippen LogP contribution in [0.25, 0.3) is 11.5 Å². The standard InChI is InChI=1S/C20H19FN4O3S/c21-17-4-2-1-3-16(17)19-22-23-20(28-19)29-13-18(27)25-11-9-24(10-12-25)14-5-7-15(26)8-6-14/h1-8,26H,9-13H2.